The summed E-state index contributed by atoms with van der Waals surface area (Å²) < 4.78 is 11.7. The van der Waals surface area contributed by atoms with Gasteiger partial charge in [0.15, 0.2) is 6.73 Å². The summed E-state index contributed by atoms with van der Waals surface area (Å²) in [6, 6.07) is 0. The second-order valence-corrected chi connectivity index (χ2v) is 7.14. The van der Waals surface area contributed by atoms with Crippen molar-refractivity contribution in [2.24, 2.45) is 0 Å². The quantitative estimate of drug-likeness (QED) is 0.181. The first kappa shape index (κ1) is 22.4. The summed E-state index contributed by atoms with van der Waals surface area (Å²) in [5, 5.41) is 0. The van der Waals surface area contributed by atoms with Gasteiger partial charge in [0.2, 0.25) is 0 Å². The minimum absolute atomic E-state index is 0.0505. The number of unbranched alkanes of at least 4 members (excludes halogenated alkanes) is 7. The van der Waals surface area contributed by atoms with Gasteiger partial charge in [-0.25, -0.2) is 0 Å². The molecular formula is C19H40NO3+. The van der Waals surface area contributed by atoms with Crippen LogP contribution in [0.5, 0.6) is 0 Å². The number of carbonyl (C=O) groups excluding carboxylic acids is 1. The van der Waals surface area contributed by atoms with Crippen molar-refractivity contribution >= 4 is 5.97 Å². The maximum absolute atomic E-state index is 11.7. The number of nitrogens with zero attached hydrogens (tertiary/aromatic N) is 1. The Bertz CT molecular complexity index is 280. The van der Waals surface area contributed by atoms with Crippen LogP contribution in [-0.2, 0) is 14.3 Å². The standard InChI is InChI=1S/C19H40NO3/c1-5-7-9-10-11-12-13-14-19(21)23-17-15-20(3,4)18-22-16-8-6-2/h5-18H2,1-4H3/q+1. The van der Waals surface area contributed by atoms with Gasteiger partial charge in [0.05, 0.1) is 20.7 Å². The van der Waals surface area contributed by atoms with Gasteiger partial charge < -0.3 is 14.0 Å². The van der Waals surface area contributed by atoms with Crippen molar-refractivity contribution in [3.63, 3.8) is 0 Å². The summed E-state index contributed by atoms with van der Waals surface area (Å²) >= 11 is 0. The Hall–Kier alpha value is -0.610. The van der Waals surface area contributed by atoms with Gasteiger partial charge in [-0.15, -0.1) is 0 Å². The molecule has 0 aliphatic rings. The fourth-order valence-corrected chi connectivity index (χ4v) is 2.33. The maximum Gasteiger partial charge on any atom is 0.305 e. The van der Waals surface area contributed by atoms with Gasteiger partial charge in [0.1, 0.15) is 13.2 Å². The third-order valence-corrected chi connectivity index (χ3v) is 4.03. The van der Waals surface area contributed by atoms with Crippen molar-refractivity contribution in [2.75, 3.05) is 40.6 Å². The monoisotopic (exact) mass is 330 g/mol. The molecule has 23 heavy (non-hydrogen) atoms. The second-order valence-electron chi connectivity index (χ2n) is 7.14. The molecule has 0 fully saturated rings. The number of carbonyl (C=O) groups is 1. The molecule has 0 aromatic heterocycles. The average Bonchev–Trinajstić information content (AvgIpc) is 2.50. The maximum atomic E-state index is 11.7. The topological polar surface area (TPSA) is 35.5 Å². The fraction of sp³-hybridized carbons (Fsp3) is 0.947. The van der Waals surface area contributed by atoms with Crippen LogP contribution in [0.3, 0.4) is 0 Å². The van der Waals surface area contributed by atoms with Gasteiger partial charge >= 0.3 is 5.97 Å². The molecule has 0 radical (unpaired) electrons. The highest BCUT2D eigenvalue weighted by Crippen LogP contribution is 2.09. The zero-order valence-corrected chi connectivity index (χ0v) is 16.1. The molecule has 0 N–H and O–H groups in total. The summed E-state index contributed by atoms with van der Waals surface area (Å²) in [5.74, 6) is -0.0505. The fourth-order valence-electron chi connectivity index (χ4n) is 2.33. The molecule has 0 atom stereocenters. The first-order valence-electron chi connectivity index (χ1n) is 9.57. The van der Waals surface area contributed by atoms with Gasteiger partial charge in [-0.05, 0) is 12.8 Å². The molecule has 0 spiro atoms. The third-order valence-electron chi connectivity index (χ3n) is 4.03. The van der Waals surface area contributed by atoms with Gasteiger partial charge in [-0.3, -0.25) is 4.79 Å². The highest BCUT2D eigenvalue weighted by molar-refractivity contribution is 5.69. The Labute approximate surface area is 144 Å². The van der Waals surface area contributed by atoms with Crippen molar-refractivity contribution in [3.8, 4) is 0 Å². The zero-order valence-electron chi connectivity index (χ0n) is 16.1. The van der Waals surface area contributed by atoms with Crippen LogP contribution < -0.4 is 0 Å². The van der Waals surface area contributed by atoms with Crippen LogP contribution in [0.25, 0.3) is 0 Å². The minimum Gasteiger partial charge on any atom is -0.460 e. The summed E-state index contributed by atoms with van der Waals surface area (Å²) in [6.45, 7) is 7.17. The van der Waals surface area contributed by atoms with Crippen molar-refractivity contribution in [1.29, 1.82) is 0 Å². The molecule has 0 aromatic carbocycles. The number of esters is 1. The van der Waals surface area contributed by atoms with Crippen LogP contribution in [0.4, 0.5) is 0 Å². The summed E-state index contributed by atoms with van der Waals surface area (Å²) in [5.41, 5.74) is 0. The van der Waals surface area contributed by atoms with Crippen LogP contribution in [0.15, 0.2) is 0 Å². The molecule has 0 unspecified atom stereocenters. The summed E-state index contributed by atoms with van der Waals surface area (Å²) in [6.07, 6.45) is 11.4. The Balaban J connectivity index is 3.50. The lowest BCUT2D eigenvalue weighted by Gasteiger charge is -2.28. The summed E-state index contributed by atoms with van der Waals surface area (Å²) in [4.78, 5) is 11.7. The molecule has 0 saturated heterocycles. The smallest absolute Gasteiger partial charge is 0.305 e. The van der Waals surface area contributed by atoms with Gasteiger partial charge in [-0.1, -0.05) is 58.8 Å². The Morgan fingerprint density at radius 3 is 2.09 bits per heavy atom. The van der Waals surface area contributed by atoms with Crippen LogP contribution >= 0.6 is 0 Å². The van der Waals surface area contributed by atoms with Crippen LogP contribution in [-0.4, -0.2) is 51.0 Å². The molecule has 4 nitrogen and oxygen atoms in total. The van der Waals surface area contributed by atoms with E-state index in [2.05, 4.69) is 27.9 Å². The molecule has 0 heterocycles. The van der Waals surface area contributed by atoms with E-state index in [0.717, 1.165) is 43.3 Å². The minimum atomic E-state index is -0.0505. The number of quaternary nitrogens is 1. The number of likely N-dealkylation sites (N-methyl/N-ethyl adjacent to an activating group) is 1. The molecule has 138 valence electrons. The average molecular weight is 331 g/mol. The molecule has 0 aromatic rings. The molecule has 0 amide bonds. The molecule has 0 saturated carbocycles. The number of hydrogen-bond donors (Lipinski definition) is 0. The lowest BCUT2D eigenvalue weighted by atomic mass is 10.1. The Kier molecular flexibility index (Phi) is 14.6. The highest BCUT2D eigenvalue weighted by Gasteiger charge is 2.15. The van der Waals surface area contributed by atoms with E-state index in [1.54, 1.807) is 0 Å². The van der Waals surface area contributed by atoms with E-state index >= 15 is 0 Å². The van der Waals surface area contributed by atoms with Crippen molar-refractivity contribution in [1.82, 2.24) is 0 Å². The van der Waals surface area contributed by atoms with E-state index < -0.39 is 0 Å². The first-order valence-corrected chi connectivity index (χ1v) is 9.57. The van der Waals surface area contributed by atoms with Gasteiger partial charge in [0.25, 0.3) is 0 Å². The SMILES string of the molecule is CCCCCCCCCC(=O)OCC[N+](C)(C)COCCCC. The van der Waals surface area contributed by atoms with Crippen LogP contribution in [0, 0.1) is 0 Å². The van der Waals surface area contributed by atoms with Crippen LogP contribution in [0.2, 0.25) is 0 Å². The Morgan fingerprint density at radius 1 is 0.826 bits per heavy atom. The predicted octanol–water partition coefficient (Wildman–Crippen LogP) is 4.52. The molecule has 0 rings (SSSR count). The largest absolute Gasteiger partial charge is 0.460 e. The number of hydrogen-bond acceptors (Lipinski definition) is 3. The molecule has 0 aliphatic carbocycles. The molecule has 4 heteroatoms. The van der Waals surface area contributed by atoms with E-state index in [0.29, 0.717) is 19.8 Å². The van der Waals surface area contributed by atoms with Crippen molar-refractivity contribution in [2.45, 2.75) is 78.1 Å². The summed E-state index contributed by atoms with van der Waals surface area (Å²) in [7, 11) is 4.21. The molecule has 0 aliphatic heterocycles. The number of ether oxygens (including phenoxy) is 2. The highest BCUT2D eigenvalue weighted by atomic mass is 16.5. The van der Waals surface area contributed by atoms with Gasteiger partial charge in [0, 0.05) is 6.42 Å². The van der Waals surface area contributed by atoms with E-state index in [1.807, 2.05) is 0 Å². The Morgan fingerprint density at radius 2 is 1.43 bits per heavy atom. The van der Waals surface area contributed by atoms with Crippen molar-refractivity contribution < 1.29 is 18.8 Å². The van der Waals surface area contributed by atoms with Crippen LogP contribution in [0.1, 0.15) is 78.1 Å². The normalized spacial score (nSPS) is 11.7. The zero-order chi connectivity index (χ0) is 17.4. The predicted molar refractivity (Wildman–Crippen MR) is 96.3 cm³/mol. The lowest BCUT2D eigenvalue weighted by Crippen LogP contribution is -2.44. The molecular weight excluding hydrogens is 290 g/mol. The van der Waals surface area contributed by atoms with E-state index in [1.165, 1.54) is 32.1 Å². The lowest BCUT2D eigenvalue weighted by molar-refractivity contribution is -0.909. The van der Waals surface area contributed by atoms with E-state index in [4.69, 9.17) is 9.47 Å². The number of rotatable bonds is 16. The van der Waals surface area contributed by atoms with Gasteiger partial charge in [-0.2, -0.15) is 0 Å². The first-order chi connectivity index (χ1) is 11.0. The third kappa shape index (κ3) is 16.0. The molecule has 0 bridgehead atoms. The van der Waals surface area contributed by atoms with E-state index in [9.17, 15) is 4.79 Å². The van der Waals surface area contributed by atoms with E-state index in [-0.39, 0.29) is 5.97 Å². The second kappa shape index (κ2) is 14.9. The van der Waals surface area contributed by atoms with Crippen molar-refractivity contribution in [3.05, 3.63) is 0 Å².